The number of aliphatic carboxylic acids is 1. The molecule has 0 spiro atoms. The van der Waals surface area contributed by atoms with Crippen LogP contribution in [0.1, 0.15) is 23.1 Å². The Balaban J connectivity index is 2.54. The number of fused-ring (bicyclic) bond motifs is 1. The van der Waals surface area contributed by atoms with Crippen molar-refractivity contribution in [3.05, 3.63) is 35.0 Å². The van der Waals surface area contributed by atoms with Crippen molar-refractivity contribution in [2.24, 2.45) is 0 Å². The van der Waals surface area contributed by atoms with Crippen molar-refractivity contribution in [1.82, 2.24) is 4.57 Å². The summed E-state index contributed by atoms with van der Waals surface area (Å²) in [5, 5.41) is 9.98. The molecule has 0 aliphatic heterocycles. The summed E-state index contributed by atoms with van der Waals surface area (Å²) in [4.78, 5) is 10.6. The van der Waals surface area contributed by atoms with Crippen LogP contribution in [0.2, 0.25) is 0 Å². The monoisotopic (exact) mass is 231 g/mol. The summed E-state index contributed by atoms with van der Waals surface area (Å²) in [6.07, 6.45) is 2.20. The smallest absolute Gasteiger partial charge is 0.305 e. The van der Waals surface area contributed by atoms with Gasteiger partial charge in [0.25, 0.3) is 0 Å². The van der Waals surface area contributed by atoms with Crippen LogP contribution in [-0.4, -0.2) is 15.6 Å². The van der Waals surface area contributed by atoms with Crippen LogP contribution >= 0.6 is 0 Å². The Morgan fingerprint density at radius 2 is 1.94 bits per heavy atom. The number of hydrogen-bond donors (Lipinski definition) is 1. The third kappa shape index (κ3) is 2.18. The van der Waals surface area contributed by atoms with Crippen LogP contribution < -0.4 is 0 Å². The Morgan fingerprint density at radius 1 is 1.24 bits per heavy atom. The van der Waals surface area contributed by atoms with Gasteiger partial charge < -0.3 is 9.67 Å². The number of nitrogens with zero attached hydrogens (tertiary/aromatic N) is 1. The maximum absolute atomic E-state index is 10.6. The fraction of sp³-hybridized carbons (Fsp3) is 0.357. The molecule has 0 atom stereocenters. The van der Waals surface area contributed by atoms with E-state index in [1.165, 1.54) is 22.1 Å². The summed E-state index contributed by atoms with van der Waals surface area (Å²) < 4.78 is 2.05. The number of carbonyl (C=O) groups is 1. The van der Waals surface area contributed by atoms with Crippen molar-refractivity contribution in [3.8, 4) is 0 Å². The standard InChI is InChI=1S/C14H17NO2/c1-9-6-10(2)14-12(7-9)11(3)8-15(14)5-4-13(16)17/h6-8H,4-5H2,1-3H3,(H,16,17). The number of benzene rings is 1. The van der Waals surface area contributed by atoms with Gasteiger partial charge in [0.15, 0.2) is 0 Å². The van der Waals surface area contributed by atoms with Gasteiger partial charge in [-0.3, -0.25) is 4.79 Å². The third-order valence-electron chi connectivity index (χ3n) is 3.07. The lowest BCUT2D eigenvalue weighted by Gasteiger charge is -2.06. The van der Waals surface area contributed by atoms with E-state index in [0.29, 0.717) is 6.54 Å². The molecule has 1 N–H and O–H groups in total. The molecule has 3 nitrogen and oxygen atoms in total. The molecule has 0 saturated carbocycles. The van der Waals surface area contributed by atoms with E-state index in [0.717, 1.165) is 5.52 Å². The highest BCUT2D eigenvalue weighted by Crippen LogP contribution is 2.25. The maximum atomic E-state index is 10.6. The first kappa shape index (κ1) is 11.7. The fourth-order valence-electron chi connectivity index (χ4n) is 2.40. The Bertz CT molecular complexity index is 581. The molecule has 0 amide bonds. The lowest BCUT2D eigenvalue weighted by molar-refractivity contribution is -0.137. The van der Waals surface area contributed by atoms with E-state index in [1.807, 2.05) is 10.8 Å². The number of rotatable bonds is 3. The largest absolute Gasteiger partial charge is 0.481 e. The zero-order valence-corrected chi connectivity index (χ0v) is 10.4. The molecule has 17 heavy (non-hydrogen) atoms. The van der Waals surface area contributed by atoms with E-state index in [1.54, 1.807) is 0 Å². The third-order valence-corrected chi connectivity index (χ3v) is 3.07. The summed E-state index contributed by atoms with van der Waals surface area (Å²) in [6.45, 7) is 6.76. The van der Waals surface area contributed by atoms with Gasteiger partial charge in [0, 0.05) is 18.1 Å². The van der Waals surface area contributed by atoms with E-state index >= 15 is 0 Å². The van der Waals surface area contributed by atoms with Crippen LogP contribution in [0.15, 0.2) is 18.3 Å². The van der Waals surface area contributed by atoms with Crippen molar-refractivity contribution in [2.75, 3.05) is 0 Å². The second kappa shape index (κ2) is 4.24. The molecule has 1 aromatic heterocycles. The molecule has 0 fully saturated rings. The lowest BCUT2D eigenvalue weighted by Crippen LogP contribution is -2.04. The van der Waals surface area contributed by atoms with Crippen LogP contribution in [0.5, 0.6) is 0 Å². The first-order valence-electron chi connectivity index (χ1n) is 5.77. The molecule has 0 radical (unpaired) electrons. The second-order valence-corrected chi connectivity index (χ2v) is 4.63. The predicted molar refractivity (Wildman–Crippen MR) is 68.4 cm³/mol. The molecule has 0 aliphatic carbocycles. The minimum atomic E-state index is -0.755. The van der Waals surface area contributed by atoms with E-state index in [9.17, 15) is 4.79 Å². The van der Waals surface area contributed by atoms with Gasteiger partial charge in [-0.05, 0) is 38.0 Å². The Morgan fingerprint density at radius 3 is 2.59 bits per heavy atom. The quantitative estimate of drug-likeness (QED) is 0.882. The summed E-state index contributed by atoms with van der Waals surface area (Å²) in [5.74, 6) is -0.755. The minimum Gasteiger partial charge on any atom is -0.481 e. The van der Waals surface area contributed by atoms with E-state index in [2.05, 4.69) is 32.9 Å². The molecule has 2 aromatic rings. The normalized spacial score (nSPS) is 11.0. The molecule has 1 aromatic carbocycles. The highest BCUT2D eigenvalue weighted by Gasteiger charge is 2.09. The summed E-state index contributed by atoms with van der Waals surface area (Å²) in [5.41, 5.74) is 4.82. The molecule has 0 saturated heterocycles. The molecule has 0 aliphatic rings. The summed E-state index contributed by atoms with van der Waals surface area (Å²) in [7, 11) is 0. The second-order valence-electron chi connectivity index (χ2n) is 4.63. The number of hydrogen-bond acceptors (Lipinski definition) is 1. The van der Waals surface area contributed by atoms with Gasteiger partial charge in [-0.15, -0.1) is 0 Å². The SMILES string of the molecule is Cc1cc(C)c2c(c1)c(C)cn2CCC(=O)O. The number of carboxylic acids is 1. The molecule has 3 heteroatoms. The van der Waals surface area contributed by atoms with Crippen molar-refractivity contribution in [2.45, 2.75) is 33.7 Å². The van der Waals surface area contributed by atoms with Crippen molar-refractivity contribution < 1.29 is 9.90 Å². The molecule has 0 unspecified atom stereocenters. The Kier molecular flexibility index (Phi) is 2.92. The molecule has 1 heterocycles. The zero-order valence-electron chi connectivity index (χ0n) is 10.4. The zero-order chi connectivity index (χ0) is 12.6. The Labute approximate surface area is 101 Å². The first-order valence-corrected chi connectivity index (χ1v) is 5.77. The van der Waals surface area contributed by atoms with E-state index in [-0.39, 0.29) is 6.42 Å². The van der Waals surface area contributed by atoms with Crippen molar-refractivity contribution in [1.29, 1.82) is 0 Å². The van der Waals surface area contributed by atoms with Crippen LogP contribution in [0.4, 0.5) is 0 Å². The van der Waals surface area contributed by atoms with E-state index in [4.69, 9.17) is 5.11 Å². The first-order chi connectivity index (χ1) is 7.99. The molecule has 0 bridgehead atoms. The lowest BCUT2D eigenvalue weighted by atomic mass is 10.1. The Hall–Kier alpha value is -1.77. The predicted octanol–water partition coefficient (Wildman–Crippen LogP) is 3.04. The van der Waals surface area contributed by atoms with Crippen LogP contribution in [0.3, 0.4) is 0 Å². The highest BCUT2D eigenvalue weighted by atomic mass is 16.4. The summed E-state index contributed by atoms with van der Waals surface area (Å²) in [6, 6.07) is 4.30. The van der Waals surface area contributed by atoms with Gasteiger partial charge >= 0.3 is 5.97 Å². The molecular weight excluding hydrogens is 214 g/mol. The van der Waals surface area contributed by atoms with Crippen molar-refractivity contribution in [3.63, 3.8) is 0 Å². The van der Waals surface area contributed by atoms with Gasteiger partial charge in [-0.1, -0.05) is 11.6 Å². The highest BCUT2D eigenvalue weighted by molar-refractivity contribution is 5.87. The van der Waals surface area contributed by atoms with Crippen LogP contribution in [0, 0.1) is 20.8 Å². The van der Waals surface area contributed by atoms with Crippen LogP contribution in [0.25, 0.3) is 10.9 Å². The topological polar surface area (TPSA) is 42.2 Å². The van der Waals surface area contributed by atoms with Gasteiger partial charge in [0.1, 0.15) is 0 Å². The van der Waals surface area contributed by atoms with Crippen LogP contribution in [-0.2, 0) is 11.3 Å². The number of aromatic nitrogens is 1. The average Bonchev–Trinajstić information content (AvgIpc) is 2.53. The number of aryl methyl sites for hydroxylation is 4. The molecule has 2 rings (SSSR count). The fourth-order valence-corrected chi connectivity index (χ4v) is 2.40. The minimum absolute atomic E-state index is 0.163. The average molecular weight is 231 g/mol. The van der Waals surface area contributed by atoms with Gasteiger partial charge in [-0.25, -0.2) is 0 Å². The van der Waals surface area contributed by atoms with Gasteiger partial charge in [0.2, 0.25) is 0 Å². The van der Waals surface area contributed by atoms with Gasteiger partial charge in [0.05, 0.1) is 11.9 Å². The molecule has 90 valence electrons. The maximum Gasteiger partial charge on any atom is 0.305 e. The number of carboxylic acid groups (broad SMARTS) is 1. The van der Waals surface area contributed by atoms with Gasteiger partial charge in [-0.2, -0.15) is 0 Å². The van der Waals surface area contributed by atoms with E-state index < -0.39 is 5.97 Å². The van der Waals surface area contributed by atoms with Crippen molar-refractivity contribution >= 4 is 16.9 Å². The summed E-state index contributed by atoms with van der Waals surface area (Å²) >= 11 is 0. The molecular formula is C14H17NO2.